The normalized spacial score (nSPS) is 17.0. The van der Waals surface area contributed by atoms with Crippen molar-refractivity contribution in [2.45, 2.75) is 25.8 Å². The van der Waals surface area contributed by atoms with E-state index in [9.17, 15) is 0 Å². The number of fused-ring (bicyclic) bond motifs is 2. The van der Waals surface area contributed by atoms with E-state index in [0.29, 0.717) is 17.6 Å². The van der Waals surface area contributed by atoms with Crippen molar-refractivity contribution in [1.29, 1.82) is 0 Å². The van der Waals surface area contributed by atoms with Crippen molar-refractivity contribution in [3.63, 3.8) is 0 Å². The fourth-order valence-electron chi connectivity index (χ4n) is 3.13. The molecule has 6 nitrogen and oxygen atoms in total. The van der Waals surface area contributed by atoms with Gasteiger partial charge in [-0.15, -0.1) is 0 Å². The fraction of sp³-hybridized carbons (Fsp3) is 0.312. The minimum atomic E-state index is 0.199. The van der Waals surface area contributed by atoms with E-state index in [-0.39, 0.29) is 5.95 Å². The SMILES string of the molecule is CCC1CN(Cc2cc3occc3cn2)c2nc(N)nc(Cl)c21. The van der Waals surface area contributed by atoms with Gasteiger partial charge in [0.15, 0.2) is 0 Å². The van der Waals surface area contributed by atoms with E-state index >= 15 is 0 Å². The summed E-state index contributed by atoms with van der Waals surface area (Å²) in [6.45, 7) is 3.60. The van der Waals surface area contributed by atoms with Crippen molar-refractivity contribution in [2.24, 2.45) is 0 Å². The van der Waals surface area contributed by atoms with Crippen LogP contribution < -0.4 is 10.6 Å². The summed E-state index contributed by atoms with van der Waals surface area (Å²) in [4.78, 5) is 15.2. The summed E-state index contributed by atoms with van der Waals surface area (Å²) in [7, 11) is 0. The Morgan fingerprint density at radius 1 is 1.43 bits per heavy atom. The van der Waals surface area contributed by atoms with Crippen LogP contribution in [0.4, 0.5) is 11.8 Å². The molecule has 0 fully saturated rings. The molecule has 0 aliphatic carbocycles. The molecule has 4 heterocycles. The second kappa shape index (κ2) is 5.38. The second-order valence-corrected chi connectivity index (χ2v) is 6.09. The third-order valence-corrected chi connectivity index (χ3v) is 4.57. The zero-order chi connectivity index (χ0) is 16.0. The van der Waals surface area contributed by atoms with E-state index in [4.69, 9.17) is 21.8 Å². The van der Waals surface area contributed by atoms with Gasteiger partial charge in [0.25, 0.3) is 0 Å². The highest BCUT2D eigenvalue weighted by Crippen LogP contribution is 2.41. The summed E-state index contributed by atoms with van der Waals surface area (Å²) in [5.41, 5.74) is 8.51. The Morgan fingerprint density at radius 3 is 3.13 bits per heavy atom. The average Bonchev–Trinajstić information content (AvgIpc) is 3.11. The van der Waals surface area contributed by atoms with Gasteiger partial charge in [-0.3, -0.25) is 4.98 Å². The molecule has 0 saturated heterocycles. The number of nitrogens with zero attached hydrogens (tertiary/aromatic N) is 4. The highest BCUT2D eigenvalue weighted by molar-refractivity contribution is 6.30. The Balaban J connectivity index is 1.70. The van der Waals surface area contributed by atoms with Crippen LogP contribution in [0.1, 0.15) is 30.5 Å². The summed E-state index contributed by atoms with van der Waals surface area (Å²) in [5, 5.41) is 1.45. The van der Waals surface area contributed by atoms with E-state index in [1.165, 1.54) is 0 Å². The minimum Gasteiger partial charge on any atom is -0.464 e. The number of nitrogen functional groups attached to an aromatic ring is 1. The van der Waals surface area contributed by atoms with Crippen molar-refractivity contribution in [3.05, 3.63) is 41.0 Å². The predicted molar refractivity (Wildman–Crippen MR) is 89.5 cm³/mol. The van der Waals surface area contributed by atoms with E-state index in [1.54, 1.807) is 6.26 Å². The largest absolute Gasteiger partial charge is 0.464 e. The van der Waals surface area contributed by atoms with Gasteiger partial charge in [-0.1, -0.05) is 18.5 Å². The summed E-state index contributed by atoms with van der Waals surface area (Å²) in [6, 6.07) is 3.86. The van der Waals surface area contributed by atoms with Gasteiger partial charge in [0.2, 0.25) is 5.95 Å². The lowest BCUT2D eigenvalue weighted by molar-refractivity contribution is 0.614. The number of anilines is 2. The van der Waals surface area contributed by atoms with Crippen LogP contribution in [0.15, 0.2) is 29.0 Å². The van der Waals surface area contributed by atoms with Crippen LogP contribution in [-0.4, -0.2) is 21.5 Å². The first kappa shape index (κ1) is 14.3. The van der Waals surface area contributed by atoms with Gasteiger partial charge < -0.3 is 15.1 Å². The molecule has 1 aliphatic heterocycles. The highest BCUT2D eigenvalue weighted by Gasteiger charge is 2.32. The lowest BCUT2D eigenvalue weighted by Gasteiger charge is -2.18. The molecule has 3 aromatic rings. The first-order chi connectivity index (χ1) is 11.2. The molecular weight excluding hydrogens is 314 g/mol. The summed E-state index contributed by atoms with van der Waals surface area (Å²) < 4.78 is 5.45. The summed E-state index contributed by atoms with van der Waals surface area (Å²) in [6.07, 6.45) is 4.47. The van der Waals surface area contributed by atoms with Crippen molar-refractivity contribution in [1.82, 2.24) is 15.0 Å². The molecule has 23 heavy (non-hydrogen) atoms. The van der Waals surface area contributed by atoms with Crippen molar-refractivity contribution >= 4 is 34.3 Å². The lowest BCUT2D eigenvalue weighted by atomic mass is 10.0. The Morgan fingerprint density at radius 2 is 2.30 bits per heavy atom. The maximum atomic E-state index is 6.29. The van der Waals surface area contributed by atoms with Crippen LogP contribution in [0.3, 0.4) is 0 Å². The molecule has 4 rings (SSSR count). The first-order valence-corrected chi connectivity index (χ1v) is 7.93. The molecule has 0 aromatic carbocycles. The molecule has 2 N–H and O–H groups in total. The third kappa shape index (κ3) is 2.39. The maximum Gasteiger partial charge on any atom is 0.223 e. The Kier molecular flexibility index (Phi) is 3.34. The predicted octanol–water partition coefficient (Wildman–Crippen LogP) is 3.37. The average molecular weight is 330 g/mol. The molecule has 0 amide bonds. The standard InChI is InChI=1S/C16H16ClN5O/c1-2-9-7-22(15-13(9)14(17)20-16(18)21-15)8-11-5-12-10(6-19-11)3-4-23-12/h3-6,9H,2,7-8H2,1H3,(H2,18,20,21). The van der Waals surface area contributed by atoms with Gasteiger partial charge >= 0.3 is 0 Å². The molecule has 118 valence electrons. The molecule has 7 heteroatoms. The number of halogens is 1. The zero-order valence-electron chi connectivity index (χ0n) is 12.7. The molecule has 0 saturated carbocycles. The summed E-state index contributed by atoms with van der Waals surface area (Å²) >= 11 is 6.29. The van der Waals surface area contributed by atoms with Crippen molar-refractivity contribution < 1.29 is 4.42 Å². The van der Waals surface area contributed by atoms with E-state index in [0.717, 1.165) is 41.0 Å². The summed E-state index contributed by atoms with van der Waals surface area (Å²) in [5.74, 6) is 1.33. The molecular formula is C16H16ClN5O. The number of hydrogen-bond acceptors (Lipinski definition) is 6. The van der Waals surface area contributed by atoms with Crippen LogP contribution in [-0.2, 0) is 6.54 Å². The molecule has 0 spiro atoms. The van der Waals surface area contributed by atoms with Gasteiger partial charge in [-0.05, 0) is 12.5 Å². The Hall–Kier alpha value is -2.34. The topological polar surface area (TPSA) is 81.1 Å². The number of pyridine rings is 1. The fourth-order valence-corrected chi connectivity index (χ4v) is 3.46. The van der Waals surface area contributed by atoms with Gasteiger partial charge in [0.1, 0.15) is 16.6 Å². The first-order valence-electron chi connectivity index (χ1n) is 7.55. The third-order valence-electron chi connectivity index (χ3n) is 4.28. The monoisotopic (exact) mass is 329 g/mol. The van der Waals surface area contributed by atoms with Crippen LogP contribution >= 0.6 is 11.6 Å². The number of rotatable bonds is 3. The Bertz CT molecular complexity index is 878. The van der Waals surface area contributed by atoms with Crippen LogP contribution in [0.5, 0.6) is 0 Å². The lowest BCUT2D eigenvalue weighted by Crippen LogP contribution is -2.22. The van der Waals surface area contributed by atoms with Gasteiger partial charge in [-0.25, -0.2) is 4.98 Å². The second-order valence-electron chi connectivity index (χ2n) is 5.73. The van der Waals surface area contributed by atoms with Crippen LogP contribution in [0.2, 0.25) is 5.15 Å². The highest BCUT2D eigenvalue weighted by atomic mass is 35.5. The number of furan rings is 1. The smallest absolute Gasteiger partial charge is 0.223 e. The number of nitrogens with two attached hydrogens (primary N) is 1. The van der Waals surface area contributed by atoms with Gasteiger partial charge in [0, 0.05) is 35.7 Å². The van der Waals surface area contributed by atoms with Crippen LogP contribution in [0.25, 0.3) is 11.0 Å². The van der Waals surface area contributed by atoms with Gasteiger partial charge in [0.05, 0.1) is 18.5 Å². The minimum absolute atomic E-state index is 0.199. The van der Waals surface area contributed by atoms with Crippen molar-refractivity contribution in [3.8, 4) is 0 Å². The molecule has 3 aromatic heterocycles. The molecule has 0 bridgehead atoms. The van der Waals surface area contributed by atoms with Crippen molar-refractivity contribution in [2.75, 3.05) is 17.2 Å². The number of hydrogen-bond donors (Lipinski definition) is 1. The van der Waals surface area contributed by atoms with Crippen LogP contribution in [0, 0.1) is 0 Å². The van der Waals surface area contributed by atoms with E-state index in [2.05, 4.69) is 26.8 Å². The Labute approximate surface area is 138 Å². The maximum absolute atomic E-state index is 6.29. The molecule has 1 unspecified atom stereocenters. The zero-order valence-corrected chi connectivity index (χ0v) is 13.4. The molecule has 1 atom stereocenters. The quantitative estimate of drug-likeness (QED) is 0.742. The van der Waals surface area contributed by atoms with E-state index < -0.39 is 0 Å². The number of aromatic nitrogens is 3. The molecule has 1 aliphatic rings. The van der Waals surface area contributed by atoms with Gasteiger partial charge in [-0.2, -0.15) is 4.98 Å². The van der Waals surface area contributed by atoms with E-state index in [1.807, 2.05) is 18.3 Å². The molecule has 0 radical (unpaired) electrons.